The van der Waals surface area contributed by atoms with E-state index in [0.29, 0.717) is 18.8 Å². The minimum Gasteiger partial charge on any atom is -0.493 e. The average molecular weight is 395 g/mol. The lowest BCUT2D eigenvalue weighted by Crippen LogP contribution is -2.27. The highest BCUT2D eigenvalue weighted by Crippen LogP contribution is 2.11. The Labute approximate surface area is 158 Å². The van der Waals surface area contributed by atoms with Crippen molar-refractivity contribution in [2.45, 2.75) is 24.7 Å². The Balaban J connectivity index is 1.60. The Kier molecular flexibility index (Phi) is 7.75. The maximum absolute atomic E-state index is 12.8. The van der Waals surface area contributed by atoms with Crippen molar-refractivity contribution in [1.29, 1.82) is 0 Å². The molecule has 0 fully saturated rings. The SMILES string of the molecule is Cc1ccc(S(=O)(=O)NCCC(=O)OCCCOc2ccc(F)cc2)cc1. The van der Waals surface area contributed by atoms with Crippen LogP contribution in [-0.4, -0.2) is 34.1 Å². The van der Waals surface area contributed by atoms with E-state index in [-0.39, 0.29) is 30.3 Å². The van der Waals surface area contributed by atoms with Gasteiger partial charge in [0.05, 0.1) is 24.5 Å². The number of rotatable bonds is 10. The van der Waals surface area contributed by atoms with Crippen molar-refractivity contribution in [3.8, 4) is 5.75 Å². The number of benzene rings is 2. The summed E-state index contributed by atoms with van der Waals surface area (Å²) in [5, 5.41) is 0. The molecule has 27 heavy (non-hydrogen) atoms. The molecule has 0 saturated carbocycles. The number of hydrogen-bond donors (Lipinski definition) is 1. The van der Waals surface area contributed by atoms with Crippen LogP contribution >= 0.6 is 0 Å². The van der Waals surface area contributed by atoms with E-state index in [0.717, 1.165) is 5.56 Å². The molecule has 0 aliphatic heterocycles. The molecular formula is C19H22FNO5S. The van der Waals surface area contributed by atoms with Crippen LogP contribution < -0.4 is 9.46 Å². The standard InChI is InChI=1S/C19H22FNO5S/c1-15-3-9-18(10-4-15)27(23,24)21-12-11-19(22)26-14-2-13-25-17-7-5-16(20)6-8-17/h3-10,21H,2,11-14H2,1H3. The van der Waals surface area contributed by atoms with Gasteiger partial charge in [0.2, 0.25) is 10.0 Å². The molecule has 0 unspecified atom stereocenters. The van der Waals surface area contributed by atoms with Crippen LogP contribution in [0.3, 0.4) is 0 Å². The fourth-order valence-corrected chi connectivity index (χ4v) is 3.16. The van der Waals surface area contributed by atoms with E-state index < -0.39 is 16.0 Å². The highest BCUT2D eigenvalue weighted by molar-refractivity contribution is 7.89. The number of aryl methyl sites for hydroxylation is 1. The van der Waals surface area contributed by atoms with Crippen LogP contribution in [0.2, 0.25) is 0 Å². The summed E-state index contributed by atoms with van der Waals surface area (Å²) in [6.45, 7) is 2.30. The van der Waals surface area contributed by atoms with Gasteiger partial charge in [-0.05, 0) is 43.3 Å². The number of sulfonamides is 1. The molecule has 0 aliphatic carbocycles. The lowest BCUT2D eigenvalue weighted by atomic mass is 10.2. The van der Waals surface area contributed by atoms with Crippen molar-refractivity contribution in [1.82, 2.24) is 4.72 Å². The largest absolute Gasteiger partial charge is 0.493 e. The van der Waals surface area contributed by atoms with E-state index in [1.165, 1.54) is 36.4 Å². The van der Waals surface area contributed by atoms with Crippen LogP contribution in [0.15, 0.2) is 53.4 Å². The van der Waals surface area contributed by atoms with Crippen molar-refractivity contribution in [3.05, 3.63) is 59.9 Å². The molecule has 0 radical (unpaired) electrons. The molecule has 0 aliphatic rings. The topological polar surface area (TPSA) is 81.7 Å². The number of hydrogen-bond acceptors (Lipinski definition) is 5. The molecule has 0 saturated heterocycles. The second kappa shape index (κ2) is 10.0. The minimum atomic E-state index is -3.64. The van der Waals surface area contributed by atoms with Gasteiger partial charge in [0.25, 0.3) is 0 Å². The number of ether oxygens (including phenoxy) is 2. The molecule has 0 spiro atoms. The molecular weight excluding hydrogens is 373 g/mol. The molecule has 2 aromatic carbocycles. The Hall–Kier alpha value is -2.45. The van der Waals surface area contributed by atoms with Crippen molar-refractivity contribution in [3.63, 3.8) is 0 Å². The third-order valence-corrected chi connectivity index (χ3v) is 5.06. The summed E-state index contributed by atoms with van der Waals surface area (Å²) in [4.78, 5) is 11.8. The maximum atomic E-state index is 12.8. The van der Waals surface area contributed by atoms with Gasteiger partial charge < -0.3 is 9.47 Å². The van der Waals surface area contributed by atoms with E-state index in [1.54, 1.807) is 12.1 Å². The van der Waals surface area contributed by atoms with E-state index in [9.17, 15) is 17.6 Å². The fourth-order valence-electron chi connectivity index (χ4n) is 2.13. The van der Waals surface area contributed by atoms with E-state index in [2.05, 4.69) is 4.72 Å². The normalized spacial score (nSPS) is 11.2. The summed E-state index contributed by atoms with van der Waals surface area (Å²) < 4.78 is 49.7. The van der Waals surface area contributed by atoms with Crippen LogP contribution in [0.1, 0.15) is 18.4 Å². The second-order valence-corrected chi connectivity index (χ2v) is 7.60. The van der Waals surface area contributed by atoms with Gasteiger partial charge in [-0.3, -0.25) is 4.79 Å². The summed E-state index contributed by atoms with van der Waals surface area (Å²) in [6.07, 6.45) is 0.405. The predicted octanol–water partition coefficient (Wildman–Crippen LogP) is 2.81. The first kappa shape index (κ1) is 20.9. The molecule has 0 aromatic heterocycles. The number of carbonyl (C=O) groups excluding carboxylic acids is 1. The molecule has 0 bridgehead atoms. The molecule has 2 aromatic rings. The zero-order chi connectivity index (χ0) is 19.7. The number of halogens is 1. The monoisotopic (exact) mass is 395 g/mol. The van der Waals surface area contributed by atoms with Crippen LogP contribution in [-0.2, 0) is 19.6 Å². The van der Waals surface area contributed by atoms with E-state index in [1.807, 2.05) is 6.92 Å². The number of esters is 1. The molecule has 8 heteroatoms. The van der Waals surface area contributed by atoms with Gasteiger partial charge in [0.15, 0.2) is 0 Å². The summed E-state index contributed by atoms with van der Waals surface area (Å²) in [5.41, 5.74) is 0.959. The quantitative estimate of drug-likeness (QED) is 0.494. The Morgan fingerprint density at radius 2 is 1.70 bits per heavy atom. The molecule has 0 heterocycles. The average Bonchev–Trinajstić information content (AvgIpc) is 2.63. The molecule has 0 amide bonds. The smallest absolute Gasteiger partial charge is 0.307 e. The maximum Gasteiger partial charge on any atom is 0.307 e. The van der Waals surface area contributed by atoms with Crippen LogP contribution in [0.4, 0.5) is 4.39 Å². The van der Waals surface area contributed by atoms with Crippen molar-refractivity contribution < 1.29 is 27.1 Å². The van der Waals surface area contributed by atoms with Gasteiger partial charge in [-0.2, -0.15) is 0 Å². The highest BCUT2D eigenvalue weighted by atomic mass is 32.2. The Bertz CT molecular complexity index is 835. The van der Waals surface area contributed by atoms with Crippen LogP contribution in [0.25, 0.3) is 0 Å². The summed E-state index contributed by atoms with van der Waals surface area (Å²) in [6, 6.07) is 12.1. The molecule has 2 rings (SSSR count). The van der Waals surface area contributed by atoms with Crippen molar-refractivity contribution >= 4 is 16.0 Å². The van der Waals surface area contributed by atoms with Gasteiger partial charge in [-0.15, -0.1) is 0 Å². The number of carbonyl (C=O) groups is 1. The summed E-state index contributed by atoms with van der Waals surface area (Å²) in [5.74, 6) is -0.300. The van der Waals surface area contributed by atoms with Crippen molar-refractivity contribution in [2.24, 2.45) is 0 Å². The third kappa shape index (κ3) is 7.36. The van der Waals surface area contributed by atoms with Crippen LogP contribution in [0, 0.1) is 12.7 Å². The zero-order valence-corrected chi connectivity index (χ0v) is 15.8. The molecule has 0 atom stereocenters. The van der Waals surface area contributed by atoms with Crippen LogP contribution in [0.5, 0.6) is 5.75 Å². The van der Waals surface area contributed by atoms with Gasteiger partial charge in [0.1, 0.15) is 11.6 Å². The van der Waals surface area contributed by atoms with E-state index in [4.69, 9.17) is 9.47 Å². The van der Waals surface area contributed by atoms with Crippen molar-refractivity contribution in [2.75, 3.05) is 19.8 Å². The number of nitrogens with one attached hydrogen (secondary N) is 1. The minimum absolute atomic E-state index is 0.0406. The molecule has 1 N–H and O–H groups in total. The first-order valence-electron chi connectivity index (χ1n) is 8.47. The summed E-state index contributed by atoms with van der Waals surface area (Å²) in [7, 11) is -3.64. The first-order chi connectivity index (χ1) is 12.9. The molecule has 146 valence electrons. The second-order valence-electron chi connectivity index (χ2n) is 5.84. The Morgan fingerprint density at radius 1 is 1.04 bits per heavy atom. The third-order valence-electron chi connectivity index (χ3n) is 3.59. The summed E-state index contributed by atoms with van der Waals surface area (Å²) >= 11 is 0. The zero-order valence-electron chi connectivity index (χ0n) is 15.0. The van der Waals surface area contributed by atoms with Gasteiger partial charge >= 0.3 is 5.97 Å². The van der Waals surface area contributed by atoms with Gasteiger partial charge in [-0.25, -0.2) is 17.5 Å². The van der Waals surface area contributed by atoms with Gasteiger partial charge in [0, 0.05) is 13.0 Å². The lowest BCUT2D eigenvalue weighted by Gasteiger charge is -2.08. The molecule has 6 nitrogen and oxygen atoms in total. The van der Waals surface area contributed by atoms with Gasteiger partial charge in [-0.1, -0.05) is 17.7 Å². The Morgan fingerprint density at radius 3 is 2.37 bits per heavy atom. The van der Waals surface area contributed by atoms with E-state index >= 15 is 0 Å². The highest BCUT2D eigenvalue weighted by Gasteiger charge is 2.14. The first-order valence-corrected chi connectivity index (χ1v) is 9.95. The predicted molar refractivity (Wildman–Crippen MR) is 98.5 cm³/mol. The fraction of sp³-hybridized carbons (Fsp3) is 0.316. The lowest BCUT2D eigenvalue weighted by molar-refractivity contribution is -0.143.